The molecular weight excluding hydrogens is 196 g/mol. The molecule has 0 aliphatic rings. The molecule has 0 radical (unpaired) electrons. The highest BCUT2D eigenvalue weighted by molar-refractivity contribution is 5.15. The maximum Gasteiger partial charge on any atom is 0.0731 e. The van der Waals surface area contributed by atoms with Gasteiger partial charge in [-0.25, -0.2) is 0 Å². The lowest BCUT2D eigenvalue weighted by atomic mass is 9.60. The third-order valence-electron chi connectivity index (χ3n) is 3.34. The van der Waals surface area contributed by atoms with Gasteiger partial charge in [-0.1, -0.05) is 27.7 Å². The maximum absolute atomic E-state index is 9.41. The van der Waals surface area contributed by atoms with Crippen LogP contribution in [0.1, 0.15) is 54.4 Å². The van der Waals surface area contributed by atoms with E-state index in [4.69, 9.17) is 0 Å². The van der Waals surface area contributed by atoms with E-state index < -0.39 is 10.8 Å². The maximum atomic E-state index is 9.41. The Kier molecular flexibility index (Phi) is 5.01. The largest absolute Gasteiger partial charge is 0.198 e. The molecule has 2 atom stereocenters. The number of rotatable bonds is 5. The summed E-state index contributed by atoms with van der Waals surface area (Å²) in [6.07, 6.45) is 1.56. The predicted molar refractivity (Wildman–Crippen MR) is 66.4 cm³/mol. The average molecular weight is 220 g/mol. The Morgan fingerprint density at radius 2 is 1.06 bits per heavy atom. The molecule has 0 saturated heterocycles. The first kappa shape index (κ1) is 15.0. The first-order chi connectivity index (χ1) is 7.20. The van der Waals surface area contributed by atoms with E-state index in [1.54, 1.807) is 0 Å². The summed E-state index contributed by atoms with van der Waals surface area (Å²) in [4.78, 5) is 0. The lowest BCUT2D eigenvalue weighted by Gasteiger charge is -2.38. The fraction of sp³-hybridized carbons (Fsp3) is 0.857. The first-order valence-electron chi connectivity index (χ1n) is 6.03. The van der Waals surface area contributed by atoms with Crippen LogP contribution in [0.15, 0.2) is 0 Å². The van der Waals surface area contributed by atoms with Crippen LogP contribution in [0.3, 0.4) is 0 Å². The van der Waals surface area contributed by atoms with Crippen molar-refractivity contribution in [2.45, 2.75) is 54.4 Å². The summed E-state index contributed by atoms with van der Waals surface area (Å²) >= 11 is 0. The first-order valence-corrected chi connectivity index (χ1v) is 6.03. The van der Waals surface area contributed by atoms with Gasteiger partial charge in [-0.2, -0.15) is 10.5 Å². The average Bonchev–Trinajstić information content (AvgIpc) is 2.15. The molecule has 0 aliphatic heterocycles. The fourth-order valence-electron chi connectivity index (χ4n) is 2.42. The minimum Gasteiger partial charge on any atom is -0.198 e. The second-order valence-corrected chi connectivity index (χ2v) is 6.08. The number of nitriles is 2. The zero-order valence-corrected chi connectivity index (χ0v) is 11.5. The lowest BCUT2D eigenvalue weighted by Crippen LogP contribution is -2.37. The van der Waals surface area contributed by atoms with Crippen LogP contribution < -0.4 is 0 Å². The zero-order chi connectivity index (χ0) is 13.0. The molecule has 0 aliphatic carbocycles. The molecule has 0 fully saturated rings. The smallest absolute Gasteiger partial charge is 0.0731 e. The van der Waals surface area contributed by atoms with Crippen LogP contribution in [-0.2, 0) is 0 Å². The van der Waals surface area contributed by atoms with E-state index in [9.17, 15) is 10.5 Å². The topological polar surface area (TPSA) is 47.6 Å². The van der Waals surface area contributed by atoms with Crippen molar-refractivity contribution < 1.29 is 0 Å². The Labute approximate surface area is 100 Å². The van der Waals surface area contributed by atoms with Crippen molar-refractivity contribution in [2.24, 2.45) is 22.7 Å². The molecule has 0 heterocycles. The van der Waals surface area contributed by atoms with Crippen molar-refractivity contribution in [1.29, 1.82) is 10.5 Å². The third-order valence-corrected chi connectivity index (χ3v) is 3.34. The minimum absolute atomic E-state index is 0.435. The summed E-state index contributed by atoms with van der Waals surface area (Å²) in [7, 11) is 0. The molecule has 2 nitrogen and oxygen atoms in total. The summed E-state index contributed by atoms with van der Waals surface area (Å²) in [5, 5.41) is 18.8. The summed E-state index contributed by atoms with van der Waals surface area (Å²) in [5.74, 6) is 0.869. The molecule has 0 aromatic heterocycles. The molecule has 0 rings (SSSR count). The third kappa shape index (κ3) is 3.24. The Balaban J connectivity index is 5.18. The van der Waals surface area contributed by atoms with Gasteiger partial charge in [0.25, 0.3) is 0 Å². The van der Waals surface area contributed by atoms with Crippen molar-refractivity contribution in [2.75, 3.05) is 0 Å². The SMILES string of the molecule is CC(C)C[C@](C)(C#N)[C@](C)(C#N)CC(C)C. The van der Waals surface area contributed by atoms with Crippen LogP contribution >= 0.6 is 0 Å². The Morgan fingerprint density at radius 3 is 1.19 bits per heavy atom. The van der Waals surface area contributed by atoms with Gasteiger partial charge in [-0.3, -0.25) is 0 Å². The van der Waals surface area contributed by atoms with Gasteiger partial charge in [0.15, 0.2) is 0 Å². The van der Waals surface area contributed by atoms with Gasteiger partial charge in [0.1, 0.15) is 0 Å². The summed E-state index contributed by atoms with van der Waals surface area (Å²) in [6, 6.07) is 4.77. The molecule has 0 aromatic rings. The summed E-state index contributed by atoms with van der Waals surface area (Å²) < 4.78 is 0. The van der Waals surface area contributed by atoms with E-state index in [-0.39, 0.29) is 0 Å². The molecule has 0 bridgehead atoms. The molecule has 0 spiro atoms. The van der Waals surface area contributed by atoms with Gasteiger partial charge >= 0.3 is 0 Å². The minimum atomic E-state index is -0.555. The molecule has 90 valence electrons. The lowest BCUT2D eigenvalue weighted by molar-refractivity contribution is 0.135. The monoisotopic (exact) mass is 220 g/mol. The fourth-order valence-corrected chi connectivity index (χ4v) is 2.42. The summed E-state index contributed by atoms with van der Waals surface area (Å²) in [5.41, 5.74) is -1.11. The zero-order valence-electron chi connectivity index (χ0n) is 11.5. The normalized spacial score (nSPS) is 18.6. The standard InChI is InChI=1S/C14H24N2/c1-11(2)7-13(5,9-15)14(6,10-16)8-12(3)4/h11-12H,7-8H2,1-6H3/t13-,14+. The van der Waals surface area contributed by atoms with Crippen LogP contribution in [0.4, 0.5) is 0 Å². The Bertz CT molecular complexity index is 274. The van der Waals surface area contributed by atoms with E-state index >= 15 is 0 Å². The van der Waals surface area contributed by atoms with Crippen LogP contribution in [-0.4, -0.2) is 0 Å². The van der Waals surface area contributed by atoms with Gasteiger partial charge in [-0.15, -0.1) is 0 Å². The molecule has 16 heavy (non-hydrogen) atoms. The van der Waals surface area contributed by atoms with Crippen LogP contribution in [0, 0.1) is 45.3 Å². The molecule has 0 N–H and O–H groups in total. The number of hydrogen-bond acceptors (Lipinski definition) is 2. The number of hydrogen-bond donors (Lipinski definition) is 0. The Hall–Kier alpha value is -1.02. The molecule has 0 unspecified atom stereocenters. The van der Waals surface area contributed by atoms with Gasteiger partial charge in [0.2, 0.25) is 0 Å². The second kappa shape index (κ2) is 5.35. The van der Waals surface area contributed by atoms with Crippen molar-refractivity contribution in [3.8, 4) is 12.1 Å². The highest BCUT2D eigenvalue weighted by Crippen LogP contribution is 2.46. The molecule has 0 amide bonds. The van der Waals surface area contributed by atoms with Gasteiger partial charge < -0.3 is 0 Å². The Morgan fingerprint density at radius 1 is 0.812 bits per heavy atom. The van der Waals surface area contributed by atoms with Gasteiger partial charge in [0, 0.05) is 0 Å². The van der Waals surface area contributed by atoms with Crippen molar-refractivity contribution in [3.05, 3.63) is 0 Å². The quantitative estimate of drug-likeness (QED) is 0.699. The number of nitrogens with zero attached hydrogens (tertiary/aromatic N) is 2. The molecule has 0 aromatic carbocycles. The highest BCUT2D eigenvalue weighted by atomic mass is 14.5. The van der Waals surface area contributed by atoms with E-state index in [1.165, 1.54) is 0 Å². The van der Waals surface area contributed by atoms with Crippen LogP contribution in [0.5, 0.6) is 0 Å². The van der Waals surface area contributed by atoms with Gasteiger partial charge in [0.05, 0.1) is 23.0 Å². The molecule has 2 heteroatoms. The van der Waals surface area contributed by atoms with E-state index in [2.05, 4.69) is 39.8 Å². The van der Waals surface area contributed by atoms with Crippen molar-refractivity contribution in [1.82, 2.24) is 0 Å². The molecular formula is C14H24N2. The highest BCUT2D eigenvalue weighted by Gasteiger charge is 2.45. The predicted octanol–water partition coefficient (Wildman–Crippen LogP) is 4.14. The van der Waals surface area contributed by atoms with Gasteiger partial charge in [-0.05, 0) is 38.5 Å². The van der Waals surface area contributed by atoms with Crippen LogP contribution in [0.25, 0.3) is 0 Å². The van der Waals surface area contributed by atoms with E-state index in [0.717, 1.165) is 12.8 Å². The van der Waals surface area contributed by atoms with E-state index in [1.807, 2.05) is 13.8 Å². The van der Waals surface area contributed by atoms with Crippen molar-refractivity contribution >= 4 is 0 Å². The van der Waals surface area contributed by atoms with Crippen molar-refractivity contribution in [3.63, 3.8) is 0 Å². The van der Waals surface area contributed by atoms with Crippen LogP contribution in [0.2, 0.25) is 0 Å². The van der Waals surface area contributed by atoms with E-state index in [0.29, 0.717) is 11.8 Å². The summed E-state index contributed by atoms with van der Waals surface area (Å²) in [6.45, 7) is 12.3. The molecule has 0 saturated carbocycles. The second-order valence-electron chi connectivity index (χ2n) is 6.08.